The van der Waals surface area contributed by atoms with Gasteiger partial charge in [-0.1, -0.05) is 18.2 Å². The largest absolute Gasteiger partial charge is 0.507 e. The number of ether oxygens (including phenoxy) is 2. The minimum absolute atomic E-state index is 0.0910. The van der Waals surface area contributed by atoms with Gasteiger partial charge < -0.3 is 19.7 Å². The van der Waals surface area contributed by atoms with Crippen molar-refractivity contribution in [1.82, 2.24) is 0 Å². The number of ketones is 1. The zero-order valence-electron chi connectivity index (χ0n) is 15.8. The summed E-state index contributed by atoms with van der Waals surface area (Å²) < 4.78 is 9.98. The van der Waals surface area contributed by atoms with Crippen LogP contribution in [-0.4, -0.2) is 47.3 Å². The first-order valence-corrected chi connectivity index (χ1v) is 8.77. The first-order valence-electron chi connectivity index (χ1n) is 8.77. The molecule has 150 valence electrons. The first-order chi connectivity index (χ1) is 13.9. The van der Waals surface area contributed by atoms with Gasteiger partial charge in [0.15, 0.2) is 0 Å². The average molecular weight is 397 g/mol. The molecule has 1 amide bonds. The highest BCUT2D eigenvalue weighted by molar-refractivity contribution is 6.54. The van der Waals surface area contributed by atoms with Crippen LogP contribution in [0.4, 0.5) is 5.69 Å². The van der Waals surface area contributed by atoms with E-state index in [0.29, 0.717) is 17.3 Å². The van der Waals surface area contributed by atoms with Crippen LogP contribution in [0.1, 0.15) is 12.5 Å². The van der Waals surface area contributed by atoms with Gasteiger partial charge in [0.2, 0.25) is 0 Å². The number of para-hydroxylation sites is 1. The Kier molecular flexibility index (Phi) is 5.38. The predicted octanol–water partition coefficient (Wildman–Crippen LogP) is 1.83. The van der Waals surface area contributed by atoms with E-state index in [9.17, 15) is 24.6 Å². The number of methoxy groups -OCH3 is 1. The molecule has 0 saturated carbocycles. The van der Waals surface area contributed by atoms with Crippen molar-refractivity contribution in [2.45, 2.75) is 12.6 Å². The Hall–Kier alpha value is -3.65. The fourth-order valence-corrected chi connectivity index (χ4v) is 3.14. The van der Waals surface area contributed by atoms with E-state index in [1.807, 2.05) is 6.92 Å². The minimum atomic E-state index is -2.83. The number of benzene rings is 2. The number of hydrogen-bond acceptors (Lipinski definition) is 7. The summed E-state index contributed by atoms with van der Waals surface area (Å²) in [6.07, 6.45) is 0. The zero-order valence-corrected chi connectivity index (χ0v) is 15.8. The molecule has 1 fully saturated rings. The molecule has 1 heterocycles. The van der Waals surface area contributed by atoms with Crippen molar-refractivity contribution in [2.24, 2.45) is 0 Å². The number of hydrogen-bond donors (Lipinski definition) is 2. The van der Waals surface area contributed by atoms with Crippen LogP contribution in [-0.2, 0) is 19.1 Å². The molecular formula is C21H19NO7. The molecule has 2 aromatic rings. The highest BCUT2D eigenvalue weighted by Crippen LogP contribution is 2.39. The summed E-state index contributed by atoms with van der Waals surface area (Å²) in [7, 11) is 1.00. The third-order valence-corrected chi connectivity index (χ3v) is 4.46. The number of amides is 1. The Morgan fingerprint density at radius 3 is 2.24 bits per heavy atom. The van der Waals surface area contributed by atoms with Crippen LogP contribution in [0.2, 0.25) is 0 Å². The van der Waals surface area contributed by atoms with E-state index in [1.165, 1.54) is 24.3 Å². The van der Waals surface area contributed by atoms with Crippen LogP contribution < -0.4 is 9.64 Å². The Labute approximate surface area is 166 Å². The number of carbonyl (C=O) groups is 3. The molecule has 2 N–H and O–H groups in total. The molecule has 1 aliphatic rings. The highest BCUT2D eigenvalue weighted by atomic mass is 16.5. The van der Waals surface area contributed by atoms with Crippen molar-refractivity contribution in [3.63, 3.8) is 0 Å². The summed E-state index contributed by atoms with van der Waals surface area (Å²) >= 11 is 0. The average Bonchev–Trinajstić information content (AvgIpc) is 2.94. The summed E-state index contributed by atoms with van der Waals surface area (Å²) in [5.41, 5.74) is -3.40. The van der Waals surface area contributed by atoms with E-state index in [1.54, 1.807) is 30.3 Å². The molecule has 1 atom stereocenters. The first kappa shape index (κ1) is 20.1. The Balaban J connectivity index is 2.20. The number of aliphatic hydroxyl groups is 2. The van der Waals surface area contributed by atoms with Gasteiger partial charge in [-0.25, -0.2) is 4.79 Å². The second-order valence-electron chi connectivity index (χ2n) is 6.15. The molecule has 0 aliphatic carbocycles. The van der Waals surface area contributed by atoms with Crippen LogP contribution in [0.5, 0.6) is 5.75 Å². The SMILES string of the molecule is CCOc1ccc(C(O)=C2C(=O)C(=O)N(c3ccccc3)[C@@]2(O)C(=O)OC)cc1. The second kappa shape index (κ2) is 7.76. The smallest absolute Gasteiger partial charge is 0.365 e. The van der Waals surface area contributed by atoms with Gasteiger partial charge in [-0.05, 0) is 43.3 Å². The summed E-state index contributed by atoms with van der Waals surface area (Å²) in [5, 5.41) is 22.0. The van der Waals surface area contributed by atoms with Crippen molar-refractivity contribution in [3.05, 3.63) is 65.7 Å². The second-order valence-corrected chi connectivity index (χ2v) is 6.15. The van der Waals surface area contributed by atoms with E-state index in [4.69, 9.17) is 4.74 Å². The quantitative estimate of drug-likeness (QED) is 0.342. The van der Waals surface area contributed by atoms with E-state index in [2.05, 4.69) is 4.74 Å². The monoisotopic (exact) mass is 397 g/mol. The number of esters is 1. The van der Waals surface area contributed by atoms with Gasteiger partial charge in [0.1, 0.15) is 17.1 Å². The minimum Gasteiger partial charge on any atom is -0.507 e. The lowest BCUT2D eigenvalue weighted by molar-refractivity contribution is -0.158. The summed E-state index contributed by atoms with van der Waals surface area (Å²) in [5.74, 6) is -3.85. The van der Waals surface area contributed by atoms with E-state index in [0.717, 1.165) is 7.11 Å². The third kappa shape index (κ3) is 3.23. The maximum absolute atomic E-state index is 12.7. The van der Waals surface area contributed by atoms with E-state index in [-0.39, 0.29) is 11.3 Å². The van der Waals surface area contributed by atoms with Gasteiger partial charge in [0.05, 0.1) is 13.7 Å². The molecule has 1 aliphatic heterocycles. The molecule has 0 bridgehead atoms. The van der Waals surface area contributed by atoms with Crippen molar-refractivity contribution < 1.29 is 34.1 Å². The van der Waals surface area contributed by atoms with E-state index >= 15 is 0 Å². The highest BCUT2D eigenvalue weighted by Gasteiger charge is 2.62. The van der Waals surface area contributed by atoms with Gasteiger partial charge in [0, 0.05) is 11.3 Å². The maximum atomic E-state index is 12.7. The molecular weight excluding hydrogens is 378 g/mol. The molecule has 8 nitrogen and oxygen atoms in total. The van der Waals surface area contributed by atoms with E-state index < -0.39 is 34.7 Å². The van der Waals surface area contributed by atoms with Crippen LogP contribution >= 0.6 is 0 Å². The number of aliphatic hydroxyl groups excluding tert-OH is 1. The van der Waals surface area contributed by atoms with Gasteiger partial charge in [-0.2, -0.15) is 0 Å². The van der Waals surface area contributed by atoms with Gasteiger partial charge in [0.25, 0.3) is 11.5 Å². The summed E-state index contributed by atoms with van der Waals surface area (Å²) in [4.78, 5) is 38.5. The van der Waals surface area contributed by atoms with Crippen LogP contribution in [0.25, 0.3) is 5.76 Å². The lowest BCUT2D eigenvalue weighted by Crippen LogP contribution is -2.54. The Bertz CT molecular complexity index is 982. The fourth-order valence-electron chi connectivity index (χ4n) is 3.14. The predicted molar refractivity (Wildman–Crippen MR) is 103 cm³/mol. The van der Waals surface area contributed by atoms with Gasteiger partial charge >= 0.3 is 11.9 Å². The van der Waals surface area contributed by atoms with Crippen molar-refractivity contribution in [2.75, 3.05) is 18.6 Å². The van der Waals surface area contributed by atoms with Crippen molar-refractivity contribution in [3.8, 4) is 5.75 Å². The van der Waals surface area contributed by atoms with Crippen molar-refractivity contribution >= 4 is 29.1 Å². The lowest BCUT2D eigenvalue weighted by Gasteiger charge is -2.30. The number of carbonyl (C=O) groups excluding carboxylic acids is 3. The fraction of sp³-hybridized carbons (Fsp3) is 0.190. The Morgan fingerprint density at radius 1 is 1.07 bits per heavy atom. The normalized spacial score (nSPS) is 20.6. The Morgan fingerprint density at radius 2 is 1.69 bits per heavy atom. The van der Waals surface area contributed by atoms with Gasteiger partial charge in [-0.3, -0.25) is 14.5 Å². The lowest BCUT2D eigenvalue weighted by atomic mass is 9.97. The standard InChI is InChI=1S/C21H19NO7/c1-3-29-15-11-9-13(10-12-15)17(23)16-18(24)19(25)22(14-7-5-4-6-8-14)21(16,27)20(26)28-2/h4-12,23,27H,3H2,1-2H3/t21-/m0/s1. The molecule has 1 saturated heterocycles. The molecule has 8 heteroatoms. The number of rotatable bonds is 5. The number of nitrogens with zero attached hydrogens (tertiary/aromatic N) is 1. The molecule has 0 aromatic heterocycles. The molecule has 0 unspecified atom stereocenters. The molecule has 3 rings (SSSR count). The summed E-state index contributed by atoms with van der Waals surface area (Å²) in [6.45, 7) is 2.25. The molecule has 0 radical (unpaired) electrons. The molecule has 0 spiro atoms. The third-order valence-electron chi connectivity index (χ3n) is 4.46. The van der Waals surface area contributed by atoms with Crippen molar-refractivity contribution in [1.29, 1.82) is 0 Å². The van der Waals surface area contributed by atoms with Gasteiger partial charge in [-0.15, -0.1) is 0 Å². The topological polar surface area (TPSA) is 113 Å². The van der Waals surface area contributed by atoms with Crippen LogP contribution in [0, 0.1) is 0 Å². The molecule has 2 aromatic carbocycles. The number of Topliss-reactive ketones (excluding diaryl/α,β-unsaturated/α-hetero) is 1. The summed E-state index contributed by atoms with van der Waals surface area (Å²) in [6, 6.07) is 13.6. The maximum Gasteiger partial charge on any atom is 0.365 e. The zero-order chi connectivity index (χ0) is 21.2. The molecule has 29 heavy (non-hydrogen) atoms. The van der Waals surface area contributed by atoms with Crippen LogP contribution in [0.15, 0.2) is 60.2 Å². The van der Waals surface area contributed by atoms with Crippen LogP contribution in [0.3, 0.4) is 0 Å². The number of anilines is 1.